The Morgan fingerprint density at radius 3 is 2.33 bits per heavy atom. The molecule has 0 aliphatic heterocycles. The number of hydrogen-bond donors (Lipinski definition) is 1. The van der Waals surface area contributed by atoms with Gasteiger partial charge in [0.25, 0.3) is 0 Å². The Morgan fingerprint density at radius 1 is 0.837 bits per heavy atom. The summed E-state index contributed by atoms with van der Waals surface area (Å²) in [6.07, 6.45) is 0.701. The Balaban J connectivity index is 1.27. The summed E-state index contributed by atoms with van der Waals surface area (Å²) < 4.78 is 16.6. The van der Waals surface area contributed by atoms with Gasteiger partial charge in [0.1, 0.15) is 17.1 Å². The molecule has 0 aliphatic rings. The molecule has 0 bridgehead atoms. The first-order valence-corrected chi connectivity index (χ1v) is 14.4. The van der Waals surface area contributed by atoms with Crippen LogP contribution in [-0.4, -0.2) is 19.7 Å². The lowest BCUT2D eigenvalue weighted by Crippen LogP contribution is -2.13. The number of anilines is 1. The summed E-state index contributed by atoms with van der Waals surface area (Å²) in [4.78, 5) is 12.0. The highest BCUT2D eigenvalue weighted by molar-refractivity contribution is 5.89. The first-order chi connectivity index (χ1) is 21.0. The van der Waals surface area contributed by atoms with Crippen molar-refractivity contribution in [3.63, 3.8) is 0 Å². The molecule has 43 heavy (non-hydrogen) atoms. The van der Waals surface area contributed by atoms with E-state index < -0.39 is 0 Å². The number of nitrogens with one attached hydrogen (secondary N) is 1. The van der Waals surface area contributed by atoms with E-state index >= 15 is 0 Å². The van der Waals surface area contributed by atoms with Crippen molar-refractivity contribution in [2.75, 3.05) is 19.0 Å². The summed E-state index contributed by atoms with van der Waals surface area (Å²) in [5.41, 5.74) is 6.46. The molecular weight excluding hydrogens is 534 g/mol. The molecule has 1 unspecified atom stereocenters. The molecule has 0 spiro atoms. The van der Waals surface area contributed by atoms with Gasteiger partial charge in [0.15, 0.2) is 0 Å². The van der Waals surface area contributed by atoms with E-state index in [-0.39, 0.29) is 11.9 Å². The number of rotatable bonds is 10. The third-order valence-corrected chi connectivity index (χ3v) is 7.68. The van der Waals surface area contributed by atoms with Gasteiger partial charge in [-0.1, -0.05) is 61.2 Å². The number of furan rings is 1. The number of hydrogen-bond acceptors (Lipinski definition) is 5. The number of carbonyl (C=O) groups excluding carboxylic acids is 1. The van der Waals surface area contributed by atoms with Gasteiger partial charge in [-0.25, -0.2) is 4.79 Å². The minimum Gasteiger partial charge on any atom is -0.494 e. The number of allylic oxidation sites excluding steroid dienone is 1. The standard InChI is InChI=1S/C38H33NO4/c1-4-42-34-20-17-29-22-31(14-13-30(29)23-34)35(21-26-9-11-28(12-10-26)38(40)41-3)25(2)39-33-18-15-27(16-19-33)37-24-32-7-5-6-8-36(32)43-37/h5-20,22-24,35,39H,2,4,21H2,1,3H3. The van der Waals surface area contributed by atoms with Crippen LogP contribution in [0.4, 0.5) is 5.69 Å². The second-order valence-corrected chi connectivity index (χ2v) is 10.5. The maximum atomic E-state index is 12.0. The van der Waals surface area contributed by atoms with Crippen LogP contribution in [0.15, 0.2) is 132 Å². The van der Waals surface area contributed by atoms with Crippen molar-refractivity contribution in [2.45, 2.75) is 19.3 Å². The number of ether oxygens (including phenoxy) is 2. The van der Waals surface area contributed by atoms with Gasteiger partial charge in [0.05, 0.1) is 19.3 Å². The highest BCUT2D eigenvalue weighted by Gasteiger charge is 2.18. The predicted molar refractivity (Wildman–Crippen MR) is 174 cm³/mol. The average Bonchev–Trinajstić information content (AvgIpc) is 3.48. The predicted octanol–water partition coefficient (Wildman–Crippen LogP) is 9.39. The lowest BCUT2D eigenvalue weighted by Gasteiger charge is -2.23. The van der Waals surface area contributed by atoms with Crippen LogP contribution in [0, 0.1) is 0 Å². The van der Waals surface area contributed by atoms with Crippen LogP contribution in [0.25, 0.3) is 33.1 Å². The van der Waals surface area contributed by atoms with Crippen LogP contribution in [0.2, 0.25) is 0 Å². The molecule has 1 aromatic heterocycles. The SMILES string of the molecule is C=C(Nc1ccc(-c2cc3ccccc3o2)cc1)C(Cc1ccc(C(=O)OC)cc1)c1ccc2cc(OCC)ccc2c1. The molecule has 5 aromatic carbocycles. The molecule has 6 rings (SSSR count). The monoisotopic (exact) mass is 567 g/mol. The Hall–Kier alpha value is -5.29. The van der Waals surface area contributed by atoms with E-state index in [4.69, 9.17) is 13.9 Å². The molecule has 5 heteroatoms. The fourth-order valence-electron chi connectivity index (χ4n) is 5.40. The molecule has 1 N–H and O–H groups in total. The lowest BCUT2D eigenvalue weighted by molar-refractivity contribution is 0.0600. The summed E-state index contributed by atoms with van der Waals surface area (Å²) in [6, 6.07) is 38.5. The Bertz CT molecular complexity index is 1870. The van der Waals surface area contributed by atoms with E-state index in [1.165, 1.54) is 7.11 Å². The highest BCUT2D eigenvalue weighted by Crippen LogP contribution is 2.33. The molecule has 6 aromatic rings. The molecule has 0 saturated heterocycles. The summed E-state index contributed by atoms with van der Waals surface area (Å²) in [7, 11) is 1.39. The Morgan fingerprint density at radius 2 is 1.58 bits per heavy atom. The van der Waals surface area contributed by atoms with Crippen molar-refractivity contribution in [2.24, 2.45) is 0 Å². The van der Waals surface area contributed by atoms with Crippen molar-refractivity contribution < 1.29 is 18.7 Å². The number of para-hydroxylation sites is 1. The van der Waals surface area contributed by atoms with E-state index in [1.807, 2.05) is 55.5 Å². The number of fused-ring (bicyclic) bond motifs is 2. The third-order valence-electron chi connectivity index (χ3n) is 7.68. The minimum absolute atomic E-state index is 0.0324. The molecular formula is C38H33NO4. The van der Waals surface area contributed by atoms with Gasteiger partial charge in [-0.05, 0) is 95.9 Å². The quantitative estimate of drug-likeness (QED) is 0.167. The first-order valence-electron chi connectivity index (χ1n) is 14.4. The molecule has 0 amide bonds. The first kappa shape index (κ1) is 27.9. The van der Waals surface area contributed by atoms with E-state index in [1.54, 1.807) is 12.1 Å². The van der Waals surface area contributed by atoms with E-state index in [9.17, 15) is 4.79 Å². The number of carbonyl (C=O) groups is 1. The maximum absolute atomic E-state index is 12.0. The number of esters is 1. The van der Waals surface area contributed by atoms with E-state index in [2.05, 4.69) is 66.5 Å². The van der Waals surface area contributed by atoms with Gasteiger partial charge >= 0.3 is 5.97 Å². The summed E-state index contributed by atoms with van der Waals surface area (Å²) in [6.45, 7) is 7.10. The van der Waals surface area contributed by atoms with Gasteiger partial charge < -0.3 is 19.2 Å². The van der Waals surface area contributed by atoms with Crippen molar-refractivity contribution in [1.29, 1.82) is 0 Å². The zero-order valence-electron chi connectivity index (χ0n) is 24.3. The zero-order chi connectivity index (χ0) is 29.8. The smallest absolute Gasteiger partial charge is 0.337 e. The number of methoxy groups -OCH3 is 1. The largest absolute Gasteiger partial charge is 0.494 e. The number of benzene rings is 5. The second kappa shape index (κ2) is 12.3. The molecule has 0 fully saturated rings. The molecule has 5 nitrogen and oxygen atoms in total. The molecule has 0 aliphatic carbocycles. The summed E-state index contributed by atoms with van der Waals surface area (Å²) in [5.74, 6) is 1.32. The van der Waals surface area contributed by atoms with Crippen LogP contribution in [-0.2, 0) is 11.2 Å². The Kier molecular flexibility index (Phi) is 7.96. The molecule has 0 radical (unpaired) electrons. The van der Waals surface area contributed by atoms with Crippen LogP contribution >= 0.6 is 0 Å². The Labute approximate surface area is 251 Å². The van der Waals surface area contributed by atoms with E-state index in [0.717, 1.165) is 61.3 Å². The fourth-order valence-corrected chi connectivity index (χ4v) is 5.40. The van der Waals surface area contributed by atoms with Gasteiger partial charge in [-0.15, -0.1) is 0 Å². The third kappa shape index (κ3) is 6.16. The second-order valence-electron chi connectivity index (χ2n) is 10.5. The van der Waals surface area contributed by atoms with Crippen molar-refractivity contribution in [3.05, 3.63) is 144 Å². The highest BCUT2D eigenvalue weighted by atomic mass is 16.5. The maximum Gasteiger partial charge on any atom is 0.337 e. The topological polar surface area (TPSA) is 60.7 Å². The molecule has 1 heterocycles. The minimum atomic E-state index is -0.346. The molecule has 1 atom stereocenters. The van der Waals surface area contributed by atoms with Crippen LogP contribution in [0.5, 0.6) is 5.75 Å². The normalized spacial score (nSPS) is 11.8. The zero-order valence-corrected chi connectivity index (χ0v) is 24.3. The lowest BCUT2D eigenvalue weighted by atomic mass is 9.88. The van der Waals surface area contributed by atoms with E-state index in [0.29, 0.717) is 18.6 Å². The van der Waals surface area contributed by atoms with Crippen LogP contribution in [0.1, 0.15) is 34.3 Å². The van der Waals surface area contributed by atoms with Gasteiger partial charge in [-0.2, -0.15) is 0 Å². The van der Waals surface area contributed by atoms with Crippen molar-refractivity contribution >= 4 is 33.4 Å². The average molecular weight is 568 g/mol. The van der Waals surface area contributed by atoms with Gasteiger partial charge in [0, 0.05) is 28.3 Å². The molecule has 214 valence electrons. The summed E-state index contributed by atoms with van der Waals surface area (Å²) >= 11 is 0. The van der Waals surface area contributed by atoms with Gasteiger partial charge in [-0.3, -0.25) is 0 Å². The molecule has 0 saturated carbocycles. The van der Waals surface area contributed by atoms with Crippen LogP contribution in [0.3, 0.4) is 0 Å². The fraction of sp³-hybridized carbons (Fsp3) is 0.132. The summed E-state index contributed by atoms with van der Waals surface area (Å²) in [5, 5.41) is 6.90. The van der Waals surface area contributed by atoms with Gasteiger partial charge in [0.2, 0.25) is 0 Å². The van der Waals surface area contributed by atoms with Crippen LogP contribution < -0.4 is 10.1 Å². The van der Waals surface area contributed by atoms with Crippen molar-refractivity contribution in [3.8, 4) is 17.1 Å². The van der Waals surface area contributed by atoms with Crippen molar-refractivity contribution in [1.82, 2.24) is 0 Å².